The van der Waals surface area contributed by atoms with Gasteiger partial charge in [0.2, 0.25) is 0 Å². The van der Waals surface area contributed by atoms with Gasteiger partial charge in [-0.3, -0.25) is 13.6 Å². The second kappa shape index (κ2) is 8.18. The van der Waals surface area contributed by atoms with Gasteiger partial charge in [0.15, 0.2) is 6.29 Å². The fraction of sp³-hybridized carbons (Fsp3) is 0.800. The molecule has 17 heteroatoms. The minimum absolute atomic E-state index is 0.312. The first-order valence-electron chi connectivity index (χ1n) is 4.96. The summed E-state index contributed by atoms with van der Waals surface area (Å²) in [5, 5.41) is 9.26. The largest absolute Gasteiger partial charge is 0.470 e. The number of carbonyl (C=O) groups excluding carboxylic acids is 1. The fourth-order valence-corrected chi connectivity index (χ4v) is 2.57. The van der Waals surface area contributed by atoms with Gasteiger partial charge in [-0.25, -0.2) is 13.7 Å². The van der Waals surface area contributed by atoms with Crippen molar-refractivity contribution in [2.75, 3.05) is 6.61 Å². The summed E-state index contributed by atoms with van der Waals surface area (Å²) in [6.07, 6.45) is -7.36. The molecule has 0 aliphatic rings. The number of carbonyl (C=O) groups is 1. The SMILES string of the molecule is O=C[C@@H](O)[C@@H](OP(=O)(O)O)[C@H](COP(=O)(O)O)OP(=O)(O)O. The van der Waals surface area contributed by atoms with Crippen LogP contribution in [-0.2, 0) is 32.1 Å². The zero-order valence-electron chi connectivity index (χ0n) is 10.3. The first-order chi connectivity index (χ1) is 9.64. The van der Waals surface area contributed by atoms with Crippen LogP contribution in [0.1, 0.15) is 0 Å². The molecule has 0 saturated carbocycles. The van der Waals surface area contributed by atoms with E-state index in [1.807, 2.05) is 0 Å². The van der Waals surface area contributed by atoms with Gasteiger partial charge in [-0.15, -0.1) is 0 Å². The molecular weight excluding hydrogens is 377 g/mol. The molecule has 0 aromatic carbocycles. The average molecular weight is 390 g/mol. The maximum atomic E-state index is 10.8. The van der Waals surface area contributed by atoms with Gasteiger partial charge in [0, 0.05) is 0 Å². The minimum Gasteiger partial charge on any atom is -0.383 e. The van der Waals surface area contributed by atoms with Crippen LogP contribution in [-0.4, -0.2) is 65.7 Å². The lowest BCUT2D eigenvalue weighted by Crippen LogP contribution is -2.43. The van der Waals surface area contributed by atoms with Crippen LogP contribution in [0, 0.1) is 0 Å². The van der Waals surface area contributed by atoms with Gasteiger partial charge in [0.05, 0.1) is 6.61 Å². The first-order valence-corrected chi connectivity index (χ1v) is 9.55. The van der Waals surface area contributed by atoms with Crippen LogP contribution in [0.2, 0.25) is 0 Å². The van der Waals surface area contributed by atoms with Crippen molar-refractivity contribution in [1.29, 1.82) is 0 Å². The van der Waals surface area contributed by atoms with Gasteiger partial charge >= 0.3 is 23.5 Å². The van der Waals surface area contributed by atoms with E-state index in [1.165, 1.54) is 0 Å². The predicted molar refractivity (Wildman–Crippen MR) is 63.9 cm³/mol. The maximum absolute atomic E-state index is 10.8. The Morgan fingerprint density at radius 3 is 1.64 bits per heavy atom. The van der Waals surface area contributed by atoms with E-state index in [1.54, 1.807) is 0 Å². The molecule has 0 aromatic rings. The Hall–Kier alpha value is -0.0400. The molecular formula is C5H13O14P3. The van der Waals surface area contributed by atoms with Crippen LogP contribution in [0.3, 0.4) is 0 Å². The van der Waals surface area contributed by atoms with Crippen LogP contribution in [0.5, 0.6) is 0 Å². The predicted octanol–water partition coefficient (Wildman–Crippen LogP) is -2.39. The normalized spacial score (nSPS) is 17.8. The number of rotatable bonds is 10. The number of aldehydes is 1. The second-order valence-electron chi connectivity index (χ2n) is 3.61. The van der Waals surface area contributed by atoms with E-state index in [2.05, 4.69) is 13.6 Å². The van der Waals surface area contributed by atoms with E-state index in [0.717, 1.165) is 0 Å². The Labute approximate surface area is 122 Å². The van der Waals surface area contributed by atoms with Gasteiger partial charge in [0.1, 0.15) is 18.3 Å². The van der Waals surface area contributed by atoms with Gasteiger partial charge in [-0.2, -0.15) is 0 Å². The van der Waals surface area contributed by atoms with E-state index in [4.69, 9.17) is 29.4 Å². The van der Waals surface area contributed by atoms with Crippen LogP contribution in [0.25, 0.3) is 0 Å². The number of phosphoric acid groups is 3. The number of aliphatic hydroxyl groups excluding tert-OH is 1. The Balaban J connectivity index is 5.42. The molecule has 132 valence electrons. The molecule has 0 spiro atoms. The van der Waals surface area contributed by atoms with Crippen LogP contribution >= 0.6 is 23.5 Å². The summed E-state index contributed by atoms with van der Waals surface area (Å²) in [4.78, 5) is 62.0. The first kappa shape index (κ1) is 22.0. The number of phosphoric ester groups is 3. The third-order valence-electron chi connectivity index (χ3n) is 1.78. The standard InChI is InChI=1S/C5H13O14P3/c6-1-3(7)5(19-22(14,15)16)4(18-21(11,12)13)2-17-20(8,9)10/h1,3-5,7H,2H2,(H2,8,9,10)(H2,11,12,13)(H2,14,15,16)/t3-,4+,5-/m1/s1. The van der Waals surface area contributed by atoms with Gasteiger partial charge in [-0.1, -0.05) is 0 Å². The molecule has 3 atom stereocenters. The molecule has 0 saturated heterocycles. The van der Waals surface area contributed by atoms with E-state index < -0.39 is 48.4 Å². The van der Waals surface area contributed by atoms with Gasteiger partial charge < -0.3 is 39.3 Å². The molecule has 0 bridgehead atoms. The van der Waals surface area contributed by atoms with Gasteiger partial charge in [0.25, 0.3) is 0 Å². The summed E-state index contributed by atoms with van der Waals surface area (Å²) in [6.45, 7) is -1.37. The third-order valence-corrected chi connectivity index (χ3v) is 3.33. The van der Waals surface area contributed by atoms with Crippen LogP contribution in [0.4, 0.5) is 0 Å². The highest BCUT2D eigenvalue weighted by atomic mass is 31.2. The van der Waals surface area contributed by atoms with Crippen molar-refractivity contribution in [1.82, 2.24) is 0 Å². The lowest BCUT2D eigenvalue weighted by Gasteiger charge is -2.28. The molecule has 0 aromatic heterocycles. The molecule has 0 amide bonds. The summed E-state index contributed by atoms with van der Waals surface area (Å²) in [5.41, 5.74) is 0. The average Bonchev–Trinajstić information content (AvgIpc) is 2.27. The molecule has 0 rings (SSSR count). The van der Waals surface area contributed by atoms with Crippen LogP contribution < -0.4 is 0 Å². The molecule has 0 aliphatic carbocycles. The number of aliphatic hydroxyl groups is 1. The molecule has 0 unspecified atom stereocenters. The fourth-order valence-electron chi connectivity index (χ4n) is 1.12. The van der Waals surface area contributed by atoms with Crippen LogP contribution in [0.15, 0.2) is 0 Å². The third kappa shape index (κ3) is 10.6. The van der Waals surface area contributed by atoms with Crippen molar-refractivity contribution in [2.24, 2.45) is 0 Å². The highest BCUT2D eigenvalue weighted by molar-refractivity contribution is 7.47. The highest BCUT2D eigenvalue weighted by Crippen LogP contribution is 2.45. The lowest BCUT2D eigenvalue weighted by atomic mass is 10.1. The Bertz CT molecular complexity index is 499. The monoisotopic (exact) mass is 390 g/mol. The van der Waals surface area contributed by atoms with Crippen molar-refractivity contribution >= 4 is 29.8 Å². The molecule has 0 fully saturated rings. The lowest BCUT2D eigenvalue weighted by molar-refractivity contribution is -0.125. The summed E-state index contributed by atoms with van der Waals surface area (Å²) in [7, 11) is -15.9. The topological polar surface area (TPSA) is 238 Å². The summed E-state index contributed by atoms with van der Waals surface area (Å²) >= 11 is 0. The maximum Gasteiger partial charge on any atom is 0.470 e. The Morgan fingerprint density at radius 1 is 0.864 bits per heavy atom. The smallest absolute Gasteiger partial charge is 0.383 e. The second-order valence-corrected chi connectivity index (χ2v) is 7.23. The molecule has 0 aliphatic heterocycles. The quantitative estimate of drug-likeness (QED) is 0.152. The Kier molecular flexibility index (Phi) is 8.16. The summed E-state index contributed by atoms with van der Waals surface area (Å²) in [5.74, 6) is 0. The van der Waals surface area contributed by atoms with E-state index >= 15 is 0 Å². The molecule has 22 heavy (non-hydrogen) atoms. The highest BCUT2D eigenvalue weighted by Gasteiger charge is 2.40. The molecule has 0 heterocycles. The molecule has 7 N–H and O–H groups in total. The zero-order valence-corrected chi connectivity index (χ0v) is 13.0. The minimum atomic E-state index is -5.37. The molecule has 14 nitrogen and oxygen atoms in total. The van der Waals surface area contributed by atoms with E-state index in [-0.39, 0.29) is 6.29 Å². The summed E-state index contributed by atoms with van der Waals surface area (Å²) in [6, 6.07) is 0. The summed E-state index contributed by atoms with van der Waals surface area (Å²) < 4.78 is 43.8. The zero-order chi connectivity index (χ0) is 17.8. The van der Waals surface area contributed by atoms with Crippen molar-refractivity contribution in [3.63, 3.8) is 0 Å². The number of hydrogen-bond donors (Lipinski definition) is 7. The van der Waals surface area contributed by atoms with E-state index in [0.29, 0.717) is 0 Å². The number of hydrogen-bond acceptors (Lipinski definition) is 8. The Morgan fingerprint density at radius 2 is 1.32 bits per heavy atom. The van der Waals surface area contributed by atoms with Crippen molar-refractivity contribution in [2.45, 2.75) is 18.3 Å². The van der Waals surface area contributed by atoms with Crippen molar-refractivity contribution in [3.8, 4) is 0 Å². The van der Waals surface area contributed by atoms with Crippen molar-refractivity contribution in [3.05, 3.63) is 0 Å². The van der Waals surface area contributed by atoms with Crippen molar-refractivity contribution < 1.29 is 66.5 Å². The van der Waals surface area contributed by atoms with E-state index in [9.17, 15) is 23.6 Å². The van der Waals surface area contributed by atoms with Gasteiger partial charge in [-0.05, 0) is 0 Å². The molecule has 0 radical (unpaired) electrons.